The predicted octanol–water partition coefficient (Wildman–Crippen LogP) is 3.87. The van der Waals surface area contributed by atoms with Crippen LogP contribution in [0.5, 0.6) is 0 Å². The molecule has 1 aromatic rings. The van der Waals surface area contributed by atoms with E-state index in [-0.39, 0.29) is 16.5 Å². The van der Waals surface area contributed by atoms with Gasteiger partial charge in [0.2, 0.25) is 0 Å². The van der Waals surface area contributed by atoms with E-state index in [1.54, 1.807) is 12.1 Å². The van der Waals surface area contributed by atoms with Gasteiger partial charge in [0.1, 0.15) is 0 Å². The Morgan fingerprint density at radius 3 is 2.21 bits per heavy atom. The lowest BCUT2D eigenvalue weighted by Crippen LogP contribution is -2.22. The number of nitrogens with one attached hydrogen (secondary N) is 1. The van der Waals surface area contributed by atoms with Gasteiger partial charge in [0.25, 0.3) is 5.69 Å². The first-order valence-corrected chi connectivity index (χ1v) is 6.28. The van der Waals surface area contributed by atoms with Gasteiger partial charge in [0.05, 0.1) is 4.92 Å². The quantitative estimate of drug-likeness (QED) is 0.647. The minimum Gasteiger partial charge on any atom is -0.363 e. The number of hydrogen-bond acceptors (Lipinski definition) is 3. The zero-order valence-electron chi connectivity index (χ0n) is 11.7. The molecule has 0 unspecified atom stereocenters. The zero-order chi connectivity index (χ0) is 14.2. The van der Waals surface area contributed by atoms with Gasteiger partial charge in [-0.3, -0.25) is 10.1 Å². The van der Waals surface area contributed by atoms with Crippen molar-refractivity contribution in [2.45, 2.75) is 33.6 Å². The maximum atomic E-state index is 10.9. The molecule has 2 rings (SSSR count). The summed E-state index contributed by atoms with van der Waals surface area (Å²) < 4.78 is 0. The summed E-state index contributed by atoms with van der Waals surface area (Å²) in [6.07, 6.45) is 0. The Morgan fingerprint density at radius 2 is 1.68 bits per heavy atom. The van der Waals surface area contributed by atoms with Crippen LogP contribution in [-0.2, 0) is 0 Å². The molecule has 0 amide bonds. The fourth-order valence-electron chi connectivity index (χ4n) is 2.55. The molecule has 19 heavy (non-hydrogen) atoms. The van der Waals surface area contributed by atoms with E-state index in [0.29, 0.717) is 0 Å². The molecule has 0 saturated carbocycles. The zero-order valence-corrected chi connectivity index (χ0v) is 11.7. The lowest BCUT2D eigenvalue weighted by molar-refractivity contribution is -0.384. The first-order chi connectivity index (χ1) is 8.91. The van der Waals surface area contributed by atoms with Gasteiger partial charge in [-0.15, -0.1) is 0 Å². The number of allylic oxidation sites excluding steroid dienone is 4. The van der Waals surface area contributed by atoms with Gasteiger partial charge in [-0.2, -0.15) is 0 Å². The Hall–Kier alpha value is -2.10. The molecule has 0 fully saturated rings. The molecule has 100 valence electrons. The van der Waals surface area contributed by atoms with Crippen molar-refractivity contribution in [1.82, 2.24) is 5.32 Å². The van der Waals surface area contributed by atoms with Crippen molar-refractivity contribution in [3.8, 4) is 0 Å². The van der Waals surface area contributed by atoms with Gasteiger partial charge in [-0.25, -0.2) is 0 Å². The van der Waals surface area contributed by atoms with Crippen LogP contribution >= 0.6 is 0 Å². The molecule has 1 aromatic carbocycles. The van der Waals surface area contributed by atoms with E-state index in [2.05, 4.69) is 19.2 Å². The maximum Gasteiger partial charge on any atom is 0.269 e. The molecular weight excluding hydrogens is 240 g/mol. The first kappa shape index (κ1) is 13.3. The topological polar surface area (TPSA) is 55.2 Å². The molecular formula is C15H18N2O2. The number of dihydropyridines is 1. The number of rotatable bonds is 2. The van der Waals surface area contributed by atoms with Crippen LogP contribution in [0.1, 0.15) is 39.2 Å². The highest BCUT2D eigenvalue weighted by Crippen LogP contribution is 2.37. The highest BCUT2D eigenvalue weighted by atomic mass is 16.6. The summed E-state index contributed by atoms with van der Waals surface area (Å²) >= 11 is 0. The van der Waals surface area contributed by atoms with Crippen molar-refractivity contribution in [2.24, 2.45) is 0 Å². The number of non-ortho nitro benzene ring substituents is 1. The maximum absolute atomic E-state index is 10.9. The third-order valence-electron chi connectivity index (χ3n) is 3.84. The molecule has 4 heteroatoms. The molecule has 4 nitrogen and oxygen atoms in total. The fourth-order valence-corrected chi connectivity index (χ4v) is 2.55. The van der Waals surface area contributed by atoms with Crippen LogP contribution in [-0.4, -0.2) is 4.92 Å². The van der Waals surface area contributed by atoms with Crippen LogP contribution in [0.2, 0.25) is 0 Å². The van der Waals surface area contributed by atoms with Gasteiger partial charge >= 0.3 is 0 Å². The molecule has 0 bridgehead atoms. The SMILES string of the molecule is CC1=C(C)C(c2cccc([N+](=O)[O-])c2)C(C)=C(C)N1. The van der Waals surface area contributed by atoms with Gasteiger partial charge < -0.3 is 5.32 Å². The summed E-state index contributed by atoms with van der Waals surface area (Å²) in [4.78, 5) is 10.6. The summed E-state index contributed by atoms with van der Waals surface area (Å²) in [7, 11) is 0. The second-order valence-electron chi connectivity index (χ2n) is 5.03. The number of hydrogen-bond donors (Lipinski definition) is 1. The van der Waals surface area contributed by atoms with Crippen molar-refractivity contribution >= 4 is 5.69 Å². The largest absolute Gasteiger partial charge is 0.363 e. The second-order valence-corrected chi connectivity index (χ2v) is 5.03. The molecule has 1 aliphatic rings. The first-order valence-electron chi connectivity index (χ1n) is 6.28. The Morgan fingerprint density at radius 1 is 1.11 bits per heavy atom. The average Bonchev–Trinajstić information content (AvgIpc) is 2.37. The van der Waals surface area contributed by atoms with Gasteiger partial charge in [0, 0.05) is 29.4 Å². The summed E-state index contributed by atoms with van der Waals surface area (Å²) in [5, 5.41) is 14.2. The van der Waals surface area contributed by atoms with E-state index in [0.717, 1.165) is 17.0 Å². The van der Waals surface area contributed by atoms with E-state index in [1.807, 2.05) is 19.9 Å². The van der Waals surface area contributed by atoms with Crippen LogP contribution in [0.3, 0.4) is 0 Å². The van der Waals surface area contributed by atoms with E-state index in [1.165, 1.54) is 17.2 Å². The number of nitro groups is 1. The van der Waals surface area contributed by atoms with Gasteiger partial charge in [0.15, 0.2) is 0 Å². The number of nitrogens with zero attached hydrogens (tertiary/aromatic N) is 1. The van der Waals surface area contributed by atoms with Crippen molar-refractivity contribution in [3.05, 3.63) is 62.5 Å². The Balaban J connectivity index is 2.53. The van der Waals surface area contributed by atoms with Crippen LogP contribution in [0.4, 0.5) is 5.69 Å². The van der Waals surface area contributed by atoms with Crippen molar-refractivity contribution in [2.75, 3.05) is 0 Å². The van der Waals surface area contributed by atoms with Crippen LogP contribution in [0, 0.1) is 10.1 Å². The standard InChI is InChI=1S/C15H18N2O2/c1-9-11(3)16-12(4)10(2)15(9)13-6-5-7-14(8-13)17(18)19/h5-8,15-16H,1-4H3. The summed E-state index contributed by atoms with van der Waals surface area (Å²) in [6, 6.07) is 6.91. The third kappa shape index (κ3) is 2.38. The average molecular weight is 258 g/mol. The molecule has 1 N–H and O–H groups in total. The molecule has 0 atom stereocenters. The van der Waals surface area contributed by atoms with Crippen LogP contribution in [0.25, 0.3) is 0 Å². The molecule has 0 spiro atoms. The summed E-state index contributed by atoms with van der Waals surface area (Å²) in [6.45, 7) is 8.22. The molecule has 0 saturated heterocycles. The molecule has 0 radical (unpaired) electrons. The van der Waals surface area contributed by atoms with Crippen molar-refractivity contribution < 1.29 is 4.92 Å². The smallest absolute Gasteiger partial charge is 0.269 e. The van der Waals surface area contributed by atoms with Gasteiger partial charge in [-0.05, 0) is 44.4 Å². The van der Waals surface area contributed by atoms with Crippen LogP contribution < -0.4 is 5.32 Å². The molecule has 1 heterocycles. The molecule has 1 aliphatic heterocycles. The minimum absolute atomic E-state index is 0.126. The molecule has 0 aliphatic carbocycles. The van der Waals surface area contributed by atoms with E-state index in [4.69, 9.17) is 0 Å². The Labute approximate surface area is 113 Å². The Bertz CT molecular complexity index is 576. The predicted molar refractivity (Wildman–Crippen MR) is 75.7 cm³/mol. The number of benzene rings is 1. The van der Waals surface area contributed by atoms with Gasteiger partial charge in [-0.1, -0.05) is 12.1 Å². The fraction of sp³-hybridized carbons (Fsp3) is 0.333. The van der Waals surface area contributed by atoms with E-state index < -0.39 is 0 Å². The third-order valence-corrected chi connectivity index (χ3v) is 3.84. The monoisotopic (exact) mass is 258 g/mol. The normalized spacial score (nSPS) is 16.6. The minimum atomic E-state index is -0.345. The highest BCUT2D eigenvalue weighted by Gasteiger charge is 2.24. The summed E-state index contributed by atoms with van der Waals surface area (Å²) in [5.41, 5.74) is 5.79. The van der Waals surface area contributed by atoms with Crippen molar-refractivity contribution in [3.63, 3.8) is 0 Å². The highest BCUT2D eigenvalue weighted by molar-refractivity contribution is 5.47. The summed E-state index contributed by atoms with van der Waals surface area (Å²) in [5.74, 6) is 0.126. The van der Waals surface area contributed by atoms with E-state index in [9.17, 15) is 10.1 Å². The van der Waals surface area contributed by atoms with Crippen LogP contribution in [0.15, 0.2) is 46.8 Å². The number of nitro benzene ring substituents is 1. The van der Waals surface area contributed by atoms with E-state index >= 15 is 0 Å². The van der Waals surface area contributed by atoms with Crippen molar-refractivity contribution in [1.29, 1.82) is 0 Å². The Kier molecular flexibility index (Phi) is 3.42. The molecule has 0 aromatic heterocycles. The lowest BCUT2D eigenvalue weighted by Gasteiger charge is -2.29. The second kappa shape index (κ2) is 4.88. The lowest BCUT2D eigenvalue weighted by atomic mass is 9.82.